The molecule has 94 valence electrons. The van der Waals surface area contributed by atoms with E-state index in [4.69, 9.17) is 0 Å². The van der Waals surface area contributed by atoms with E-state index in [1.165, 1.54) is 32.1 Å². The van der Waals surface area contributed by atoms with E-state index in [1.54, 1.807) is 6.20 Å². The zero-order chi connectivity index (χ0) is 11.2. The van der Waals surface area contributed by atoms with Crippen LogP contribution in [0.5, 0.6) is 0 Å². The van der Waals surface area contributed by atoms with Gasteiger partial charge in [0.25, 0.3) is 0 Å². The van der Waals surface area contributed by atoms with Gasteiger partial charge in [0.1, 0.15) is 5.78 Å². The lowest BCUT2D eigenvalue weighted by Gasteiger charge is -2.20. The average Bonchev–Trinajstić information content (AvgIpc) is 2.31. The quantitative estimate of drug-likeness (QED) is 0.821. The van der Waals surface area contributed by atoms with Crippen molar-refractivity contribution in [2.24, 2.45) is 5.92 Å². The van der Waals surface area contributed by atoms with E-state index in [-0.39, 0.29) is 12.4 Å². The van der Waals surface area contributed by atoms with Crippen molar-refractivity contribution < 1.29 is 4.79 Å². The van der Waals surface area contributed by atoms with Crippen LogP contribution in [0.25, 0.3) is 0 Å². The topological polar surface area (TPSA) is 30.0 Å². The summed E-state index contributed by atoms with van der Waals surface area (Å²) in [5.41, 5.74) is 0.906. The molecule has 0 aliphatic heterocycles. The summed E-state index contributed by atoms with van der Waals surface area (Å²) in [5, 5.41) is 0. The van der Waals surface area contributed by atoms with Crippen molar-refractivity contribution in [3.63, 3.8) is 0 Å². The fourth-order valence-corrected chi connectivity index (χ4v) is 2.49. The Bertz CT molecular complexity index is 333. The fourth-order valence-electron chi connectivity index (χ4n) is 2.49. The lowest BCUT2D eigenvalue weighted by molar-refractivity contribution is -0.119. The molecule has 2 nitrogen and oxygen atoms in total. The molecule has 1 aliphatic carbocycles. The van der Waals surface area contributed by atoms with Crippen LogP contribution in [0.4, 0.5) is 0 Å². The minimum atomic E-state index is 0. The van der Waals surface area contributed by atoms with Crippen LogP contribution in [0.3, 0.4) is 0 Å². The van der Waals surface area contributed by atoms with Gasteiger partial charge in [0.2, 0.25) is 0 Å². The molecule has 1 aromatic rings. The largest absolute Gasteiger partial charge is 0.299 e. The maximum atomic E-state index is 11.8. The van der Waals surface area contributed by atoms with Gasteiger partial charge in [-0.15, -0.1) is 12.4 Å². The summed E-state index contributed by atoms with van der Waals surface area (Å²) in [6.45, 7) is 0. The number of rotatable bonds is 4. The number of halogens is 1. The normalized spacial score (nSPS) is 16.2. The van der Waals surface area contributed by atoms with Gasteiger partial charge in [-0.05, 0) is 18.1 Å². The maximum absolute atomic E-state index is 11.8. The summed E-state index contributed by atoms with van der Waals surface area (Å²) in [7, 11) is 0. The third-order valence-electron chi connectivity index (χ3n) is 3.35. The second-order valence-corrected chi connectivity index (χ2v) is 4.74. The zero-order valence-corrected chi connectivity index (χ0v) is 10.9. The lowest BCUT2D eigenvalue weighted by Crippen LogP contribution is -2.14. The molecule has 0 saturated heterocycles. The molecule has 1 fully saturated rings. The SMILES string of the molecule is Cl.O=C(Cc1ccccn1)CC1CCCCC1. The number of aromatic nitrogens is 1. The minimum Gasteiger partial charge on any atom is -0.299 e. The molecule has 1 saturated carbocycles. The first kappa shape index (κ1) is 14.2. The van der Waals surface area contributed by atoms with Crippen LogP contribution < -0.4 is 0 Å². The van der Waals surface area contributed by atoms with Gasteiger partial charge in [-0.25, -0.2) is 0 Å². The number of ketones is 1. The first-order chi connectivity index (χ1) is 7.84. The van der Waals surface area contributed by atoms with E-state index in [0.29, 0.717) is 18.1 Å². The fraction of sp³-hybridized carbons (Fsp3) is 0.571. The maximum Gasteiger partial charge on any atom is 0.139 e. The number of Topliss-reactive ketones (excluding diaryl/α,β-unsaturated/α-hetero) is 1. The number of pyridine rings is 1. The predicted octanol–water partition coefficient (Wildman–Crippen LogP) is 3.59. The van der Waals surface area contributed by atoms with Gasteiger partial charge < -0.3 is 0 Å². The Morgan fingerprint density at radius 1 is 1.24 bits per heavy atom. The van der Waals surface area contributed by atoms with Crippen LogP contribution >= 0.6 is 12.4 Å². The summed E-state index contributed by atoms with van der Waals surface area (Å²) in [6.07, 6.45) is 9.48. The highest BCUT2D eigenvalue weighted by atomic mass is 35.5. The lowest BCUT2D eigenvalue weighted by atomic mass is 9.85. The minimum absolute atomic E-state index is 0. The van der Waals surface area contributed by atoms with Crippen LogP contribution in [0.2, 0.25) is 0 Å². The molecule has 3 heteroatoms. The number of carbonyl (C=O) groups excluding carboxylic acids is 1. The molecule has 0 spiro atoms. The Morgan fingerprint density at radius 3 is 2.65 bits per heavy atom. The van der Waals surface area contributed by atoms with Crippen LogP contribution in [0.15, 0.2) is 24.4 Å². The van der Waals surface area contributed by atoms with Crippen LogP contribution in [-0.4, -0.2) is 10.8 Å². The van der Waals surface area contributed by atoms with Crippen molar-refractivity contribution in [2.75, 3.05) is 0 Å². The van der Waals surface area contributed by atoms with Gasteiger partial charge in [-0.1, -0.05) is 38.2 Å². The molecule has 0 amide bonds. The molecule has 0 bridgehead atoms. The Kier molecular flexibility index (Phi) is 6.20. The Hall–Kier alpha value is -0.890. The monoisotopic (exact) mass is 253 g/mol. The third kappa shape index (κ3) is 4.86. The van der Waals surface area contributed by atoms with Crippen molar-refractivity contribution in [3.05, 3.63) is 30.1 Å². The highest BCUT2D eigenvalue weighted by molar-refractivity contribution is 5.85. The summed E-state index contributed by atoms with van der Waals surface area (Å²) < 4.78 is 0. The summed E-state index contributed by atoms with van der Waals surface area (Å²) in [6, 6.07) is 5.75. The Morgan fingerprint density at radius 2 is 2.00 bits per heavy atom. The van der Waals surface area contributed by atoms with E-state index in [0.717, 1.165) is 12.1 Å². The second-order valence-electron chi connectivity index (χ2n) is 4.74. The highest BCUT2D eigenvalue weighted by Gasteiger charge is 2.17. The van der Waals surface area contributed by atoms with E-state index in [9.17, 15) is 4.79 Å². The molecule has 0 aromatic carbocycles. The summed E-state index contributed by atoms with van der Waals surface area (Å²) >= 11 is 0. The van der Waals surface area contributed by atoms with E-state index >= 15 is 0 Å². The molecule has 1 heterocycles. The van der Waals surface area contributed by atoms with Crippen molar-refractivity contribution in [1.29, 1.82) is 0 Å². The molecule has 0 unspecified atom stereocenters. The molecule has 0 radical (unpaired) electrons. The van der Waals surface area contributed by atoms with E-state index < -0.39 is 0 Å². The van der Waals surface area contributed by atoms with Crippen LogP contribution in [-0.2, 0) is 11.2 Å². The van der Waals surface area contributed by atoms with Gasteiger partial charge in [0.15, 0.2) is 0 Å². The van der Waals surface area contributed by atoms with Gasteiger partial charge >= 0.3 is 0 Å². The second kappa shape index (κ2) is 7.44. The zero-order valence-electron chi connectivity index (χ0n) is 10.1. The third-order valence-corrected chi connectivity index (χ3v) is 3.35. The van der Waals surface area contributed by atoms with Crippen molar-refractivity contribution in [2.45, 2.75) is 44.9 Å². The van der Waals surface area contributed by atoms with Crippen molar-refractivity contribution in [1.82, 2.24) is 4.98 Å². The molecule has 1 aliphatic rings. The molecule has 0 N–H and O–H groups in total. The molecular weight excluding hydrogens is 234 g/mol. The van der Waals surface area contributed by atoms with Gasteiger partial charge in [0.05, 0.1) is 0 Å². The first-order valence-electron chi connectivity index (χ1n) is 6.26. The number of hydrogen-bond acceptors (Lipinski definition) is 2. The van der Waals surface area contributed by atoms with Gasteiger partial charge in [0, 0.05) is 24.7 Å². The number of nitrogens with zero attached hydrogens (tertiary/aromatic N) is 1. The van der Waals surface area contributed by atoms with Crippen LogP contribution in [0, 0.1) is 5.92 Å². The molecule has 1 aromatic heterocycles. The van der Waals surface area contributed by atoms with Crippen LogP contribution in [0.1, 0.15) is 44.2 Å². The first-order valence-corrected chi connectivity index (χ1v) is 6.26. The van der Waals surface area contributed by atoms with E-state index in [1.807, 2.05) is 18.2 Å². The smallest absolute Gasteiger partial charge is 0.139 e. The Balaban J connectivity index is 0.00000144. The van der Waals surface area contributed by atoms with Crippen molar-refractivity contribution >= 4 is 18.2 Å². The molecule has 2 rings (SSSR count). The van der Waals surface area contributed by atoms with Gasteiger partial charge in [-0.3, -0.25) is 9.78 Å². The predicted molar refractivity (Wildman–Crippen MR) is 71.4 cm³/mol. The molecular formula is C14H20ClNO. The standard InChI is InChI=1S/C14H19NO.ClH/c16-14(10-12-6-2-1-3-7-12)11-13-8-4-5-9-15-13;/h4-5,8-9,12H,1-3,6-7,10-11H2;1H. The van der Waals surface area contributed by atoms with Gasteiger partial charge in [-0.2, -0.15) is 0 Å². The highest BCUT2D eigenvalue weighted by Crippen LogP contribution is 2.26. The van der Waals surface area contributed by atoms with E-state index in [2.05, 4.69) is 4.98 Å². The Labute approximate surface area is 109 Å². The summed E-state index contributed by atoms with van der Waals surface area (Å²) in [4.78, 5) is 16.0. The average molecular weight is 254 g/mol. The molecule has 17 heavy (non-hydrogen) atoms. The molecule has 0 atom stereocenters. The number of carbonyl (C=O) groups is 1. The van der Waals surface area contributed by atoms with Crippen molar-refractivity contribution in [3.8, 4) is 0 Å². The summed E-state index contributed by atoms with van der Waals surface area (Å²) in [5.74, 6) is 0.996. The number of hydrogen-bond donors (Lipinski definition) is 0.